The predicted octanol–water partition coefficient (Wildman–Crippen LogP) is 3.11. The highest BCUT2D eigenvalue weighted by Crippen LogP contribution is 2.27. The maximum Gasteiger partial charge on any atom is 0.150 e. The molecule has 0 bridgehead atoms. The molecule has 2 aromatic rings. The molecule has 1 aliphatic rings. The molecular formula is C18H22FN3O. The van der Waals surface area contributed by atoms with E-state index < -0.39 is 0 Å². The highest BCUT2D eigenvalue weighted by atomic mass is 19.1. The maximum atomic E-state index is 14.2. The van der Waals surface area contributed by atoms with E-state index in [1.807, 2.05) is 18.5 Å². The van der Waals surface area contributed by atoms with Crippen LogP contribution in [-0.4, -0.2) is 43.2 Å². The molecule has 23 heavy (non-hydrogen) atoms. The van der Waals surface area contributed by atoms with Gasteiger partial charge in [0.25, 0.3) is 0 Å². The summed E-state index contributed by atoms with van der Waals surface area (Å²) in [6, 6.07) is 9.52. The lowest BCUT2D eigenvalue weighted by Crippen LogP contribution is -2.47. The van der Waals surface area contributed by atoms with Gasteiger partial charge in [0.15, 0.2) is 0 Å². The Kier molecular flexibility index (Phi) is 4.76. The molecule has 122 valence electrons. The average Bonchev–Trinajstić information content (AvgIpc) is 2.62. The number of ether oxygens (including phenoxy) is 1. The number of rotatable bonds is 4. The summed E-state index contributed by atoms with van der Waals surface area (Å²) >= 11 is 0. The maximum absolute atomic E-state index is 14.2. The van der Waals surface area contributed by atoms with Crippen molar-refractivity contribution < 1.29 is 9.13 Å². The van der Waals surface area contributed by atoms with Crippen molar-refractivity contribution in [1.29, 1.82) is 0 Å². The smallest absolute Gasteiger partial charge is 0.150 e. The van der Waals surface area contributed by atoms with E-state index >= 15 is 0 Å². The Hall–Kier alpha value is -2.14. The molecule has 2 heterocycles. The number of piperazine rings is 1. The summed E-state index contributed by atoms with van der Waals surface area (Å²) in [7, 11) is 1.55. The van der Waals surface area contributed by atoms with Crippen LogP contribution in [0.1, 0.15) is 18.5 Å². The topological polar surface area (TPSA) is 28.6 Å². The van der Waals surface area contributed by atoms with Gasteiger partial charge in [0.05, 0.1) is 12.8 Å². The summed E-state index contributed by atoms with van der Waals surface area (Å²) in [6.07, 6.45) is 3.66. The summed E-state index contributed by atoms with van der Waals surface area (Å²) in [5.74, 6) is 0.330. The molecule has 1 aromatic heterocycles. The lowest BCUT2D eigenvalue weighted by atomic mass is 10.1. The van der Waals surface area contributed by atoms with Crippen LogP contribution in [0.25, 0.3) is 0 Å². The van der Waals surface area contributed by atoms with Crippen LogP contribution < -0.4 is 9.64 Å². The standard InChI is InChI=1S/C18H22FN3O/c1-14(15-5-7-20-8-6-15)21-9-11-22(12-10-21)18-4-3-16(23-2)13-17(18)19/h3-8,13-14H,9-12H2,1-2H3. The van der Waals surface area contributed by atoms with Gasteiger partial charge in [-0.15, -0.1) is 0 Å². The molecule has 5 heteroatoms. The van der Waals surface area contributed by atoms with E-state index in [0.717, 1.165) is 26.2 Å². The van der Waals surface area contributed by atoms with E-state index in [1.54, 1.807) is 13.2 Å². The number of hydrogen-bond acceptors (Lipinski definition) is 4. The van der Waals surface area contributed by atoms with Gasteiger partial charge in [-0.25, -0.2) is 4.39 Å². The molecule has 1 aliphatic heterocycles. The highest BCUT2D eigenvalue weighted by molar-refractivity contribution is 5.51. The van der Waals surface area contributed by atoms with E-state index in [9.17, 15) is 4.39 Å². The van der Waals surface area contributed by atoms with Gasteiger partial charge >= 0.3 is 0 Å². The zero-order valence-corrected chi connectivity index (χ0v) is 13.6. The average molecular weight is 315 g/mol. The molecule has 0 aliphatic carbocycles. The first kappa shape index (κ1) is 15.7. The summed E-state index contributed by atoms with van der Waals surface area (Å²) in [5.41, 5.74) is 1.92. The summed E-state index contributed by atoms with van der Waals surface area (Å²) in [4.78, 5) is 8.60. The summed E-state index contributed by atoms with van der Waals surface area (Å²) in [6.45, 7) is 5.67. The van der Waals surface area contributed by atoms with Crippen molar-refractivity contribution in [2.24, 2.45) is 0 Å². The molecule has 4 nitrogen and oxygen atoms in total. The van der Waals surface area contributed by atoms with Gasteiger partial charge in [0.1, 0.15) is 11.6 Å². The molecule has 1 unspecified atom stereocenters. The number of aromatic nitrogens is 1. The quantitative estimate of drug-likeness (QED) is 0.867. The minimum Gasteiger partial charge on any atom is -0.497 e. The first-order valence-electron chi connectivity index (χ1n) is 7.91. The summed E-state index contributed by atoms with van der Waals surface area (Å²) < 4.78 is 19.3. The second-order valence-electron chi connectivity index (χ2n) is 5.80. The fourth-order valence-electron chi connectivity index (χ4n) is 3.07. The largest absolute Gasteiger partial charge is 0.497 e. The van der Waals surface area contributed by atoms with E-state index in [-0.39, 0.29) is 5.82 Å². The van der Waals surface area contributed by atoms with Crippen LogP contribution in [0.3, 0.4) is 0 Å². The number of nitrogens with zero attached hydrogens (tertiary/aromatic N) is 3. The van der Waals surface area contributed by atoms with Crippen LogP contribution in [0.2, 0.25) is 0 Å². The van der Waals surface area contributed by atoms with E-state index in [2.05, 4.69) is 33.8 Å². The predicted molar refractivity (Wildman–Crippen MR) is 89.4 cm³/mol. The van der Waals surface area contributed by atoms with Crippen LogP contribution in [0.5, 0.6) is 5.75 Å². The van der Waals surface area contributed by atoms with Crippen molar-refractivity contribution >= 4 is 5.69 Å². The first-order chi connectivity index (χ1) is 11.2. The fourth-order valence-corrected chi connectivity index (χ4v) is 3.07. The fraction of sp³-hybridized carbons (Fsp3) is 0.389. The van der Waals surface area contributed by atoms with Crippen molar-refractivity contribution in [3.05, 3.63) is 54.1 Å². The van der Waals surface area contributed by atoms with Crippen molar-refractivity contribution in [2.75, 3.05) is 38.2 Å². The molecule has 0 radical (unpaired) electrons. The molecule has 0 N–H and O–H groups in total. The van der Waals surface area contributed by atoms with Gasteiger partial charge in [0.2, 0.25) is 0 Å². The SMILES string of the molecule is COc1ccc(N2CCN(C(C)c3ccncc3)CC2)c(F)c1. The molecule has 1 aromatic carbocycles. The Morgan fingerprint density at radius 3 is 2.39 bits per heavy atom. The third-order valence-corrected chi connectivity index (χ3v) is 4.55. The lowest BCUT2D eigenvalue weighted by Gasteiger charge is -2.39. The molecule has 1 fully saturated rings. The van der Waals surface area contributed by atoms with Gasteiger partial charge in [-0.2, -0.15) is 0 Å². The highest BCUT2D eigenvalue weighted by Gasteiger charge is 2.23. The van der Waals surface area contributed by atoms with Crippen LogP contribution in [0.4, 0.5) is 10.1 Å². The van der Waals surface area contributed by atoms with Crippen molar-refractivity contribution in [1.82, 2.24) is 9.88 Å². The number of pyridine rings is 1. The zero-order chi connectivity index (χ0) is 16.2. The van der Waals surface area contributed by atoms with Gasteiger partial charge in [-0.05, 0) is 36.8 Å². The molecule has 0 amide bonds. The molecule has 3 rings (SSSR count). The normalized spacial score (nSPS) is 17.1. The minimum atomic E-state index is -0.222. The van der Waals surface area contributed by atoms with E-state index in [1.165, 1.54) is 11.6 Å². The molecule has 0 spiro atoms. The summed E-state index contributed by atoms with van der Waals surface area (Å²) in [5, 5.41) is 0. The third-order valence-electron chi connectivity index (χ3n) is 4.55. The van der Waals surface area contributed by atoms with Gasteiger partial charge in [-0.1, -0.05) is 0 Å². The Balaban J connectivity index is 1.64. The van der Waals surface area contributed by atoms with Crippen molar-refractivity contribution in [3.63, 3.8) is 0 Å². The first-order valence-corrected chi connectivity index (χ1v) is 7.91. The number of halogens is 1. The second kappa shape index (κ2) is 6.96. The van der Waals surface area contributed by atoms with Crippen LogP contribution in [0, 0.1) is 5.82 Å². The Bertz CT molecular complexity index is 642. The van der Waals surface area contributed by atoms with Crippen LogP contribution in [0.15, 0.2) is 42.7 Å². The van der Waals surface area contributed by atoms with Crippen LogP contribution >= 0.6 is 0 Å². The Morgan fingerprint density at radius 1 is 1.09 bits per heavy atom. The van der Waals surface area contributed by atoms with Gasteiger partial charge in [0, 0.05) is 50.7 Å². The number of anilines is 1. The van der Waals surface area contributed by atoms with Crippen molar-refractivity contribution in [2.45, 2.75) is 13.0 Å². The van der Waals surface area contributed by atoms with Gasteiger partial charge in [-0.3, -0.25) is 9.88 Å². The Labute approximate surface area is 136 Å². The Morgan fingerprint density at radius 2 is 1.78 bits per heavy atom. The second-order valence-corrected chi connectivity index (χ2v) is 5.80. The van der Waals surface area contributed by atoms with E-state index in [0.29, 0.717) is 17.5 Å². The monoisotopic (exact) mass is 315 g/mol. The third kappa shape index (κ3) is 3.45. The van der Waals surface area contributed by atoms with Crippen LogP contribution in [-0.2, 0) is 0 Å². The minimum absolute atomic E-state index is 0.222. The van der Waals surface area contributed by atoms with E-state index in [4.69, 9.17) is 4.74 Å². The zero-order valence-electron chi connectivity index (χ0n) is 13.6. The number of benzene rings is 1. The van der Waals surface area contributed by atoms with Gasteiger partial charge < -0.3 is 9.64 Å². The van der Waals surface area contributed by atoms with Crippen molar-refractivity contribution in [3.8, 4) is 5.75 Å². The molecular weight excluding hydrogens is 293 g/mol. The number of hydrogen-bond donors (Lipinski definition) is 0. The lowest BCUT2D eigenvalue weighted by molar-refractivity contribution is 0.198. The number of methoxy groups -OCH3 is 1. The molecule has 0 saturated carbocycles. The molecule has 1 atom stereocenters. The molecule has 1 saturated heterocycles.